The van der Waals surface area contributed by atoms with Crippen molar-refractivity contribution in [2.24, 2.45) is 5.73 Å². The molecule has 0 unspecified atom stereocenters. The summed E-state index contributed by atoms with van der Waals surface area (Å²) in [4.78, 5) is 2.32. The minimum absolute atomic E-state index is 0.680. The van der Waals surface area contributed by atoms with E-state index in [1.54, 1.807) is 7.11 Å². The fourth-order valence-corrected chi connectivity index (χ4v) is 2.01. The van der Waals surface area contributed by atoms with Crippen LogP contribution in [0.4, 0.5) is 5.69 Å². The summed E-state index contributed by atoms with van der Waals surface area (Å²) >= 11 is 0. The number of anilines is 1. The van der Waals surface area contributed by atoms with Crippen LogP contribution in [-0.2, 0) is 0 Å². The lowest BCUT2D eigenvalue weighted by atomic mass is 10.1. The zero-order valence-electron chi connectivity index (χ0n) is 9.65. The third kappa shape index (κ3) is 2.19. The predicted octanol–water partition coefficient (Wildman–Crippen LogP) is 1.79. The van der Waals surface area contributed by atoms with Gasteiger partial charge in [0.2, 0.25) is 0 Å². The summed E-state index contributed by atoms with van der Waals surface area (Å²) in [5.74, 6) is 0.937. The van der Waals surface area contributed by atoms with Gasteiger partial charge in [-0.15, -0.1) is 0 Å². The van der Waals surface area contributed by atoms with Crippen LogP contribution in [0, 0.1) is 0 Å². The maximum Gasteiger partial charge on any atom is 0.142 e. The second-order valence-electron chi connectivity index (χ2n) is 3.93. The van der Waals surface area contributed by atoms with Gasteiger partial charge in [0.25, 0.3) is 0 Å². The van der Waals surface area contributed by atoms with Crippen molar-refractivity contribution in [3.05, 3.63) is 35.9 Å². The Morgan fingerprint density at radius 2 is 2.19 bits per heavy atom. The van der Waals surface area contributed by atoms with Gasteiger partial charge >= 0.3 is 0 Å². The molecule has 1 aromatic rings. The van der Waals surface area contributed by atoms with Crippen molar-refractivity contribution in [2.75, 3.05) is 31.6 Å². The summed E-state index contributed by atoms with van der Waals surface area (Å²) in [6, 6.07) is 8.13. The molecule has 0 spiro atoms. The van der Waals surface area contributed by atoms with Crippen LogP contribution in [0.2, 0.25) is 0 Å². The van der Waals surface area contributed by atoms with Gasteiger partial charge in [-0.1, -0.05) is 23.8 Å². The molecule has 1 aliphatic rings. The van der Waals surface area contributed by atoms with E-state index in [2.05, 4.69) is 17.0 Å². The first-order chi connectivity index (χ1) is 7.85. The molecular weight excluding hydrogens is 200 g/mol. The second kappa shape index (κ2) is 5.03. The molecule has 86 valence electrons. The largest absolute Gasteiger partial charge is 0.495 e. The van der Waals surface area contributed by atoms with E-state index in [1.807, 2.05) is 18.2 Å². The molecule has 0 amide bonds. The van der Waals surface area contributed by atoms with Crippen LogP contribution in [0.5, 0.6) is 5.75 Å². The van der Waals surface area contributed by atoms with Crippen LogP contribution < -0.4 is 15.4 Å². The monoisotopic (exact) mass is 218 g/mol. The summed E-state index contributed by atoms with van der Waals surface area (Å²) in [5.41, 5.74) is 8.15. The third-order valence-corrected chi connectivity index (χ3v) is 2.99. The Bertz CT molecular complexity index is 387. The smallest absolute Gasteiger partial charge is 0.142 e. The SMILES string of the molecule is COc1ccccc1N1CC=C(CN)CC1. The van der Waals surface area contributed by atoms with Crippen LogP contribution in [0.15, 0.2) is 35.9 Å². The standard InChI is InChI=1S/C13H18N2O/c1-16-13-5-3-2-4-12(13)15-8-6-11(10-14)7-9-15/h2-6H,7-10,14H2,1H3. The lowest BCUT2D eigenvalue weighted by Crippen LogP contribution is -2.30. The zero-order valence-corrected chi connectivity index (χ0v) is 9.65. The molecule has 1 aromatic carbocycles. The van der Waals surface area contributed by atoms with Crippen LogP contribution in [0.25, 0.3) is 0 Å². The molecule has 2 rings (SSSR count). The van der Waals surface area contributed by atoms with Gasteiger partial charge in [0, 0.05) is 19.6 Å². The van der Waals surface area contributed by atoms with E-state index in [4.69, 9.17) is 10.5 Å². The normalized spacial score (nSPS) is 15.9. The summed E-state index contributed by atoms with van der Waals surface area (Å²) in [6.07, 6.45) is 3.27. The number of benzene rings is 1. The van der Waals surface area contributed by atoms with Gasteiger partial charge in [-0.25, -0.2) is 0 Å². The van der Waals surface area contributed by atoms with Gasteiger partial charge in [0.1, 0.15) is 5.75 Å². The lowest BCUT2D eigenvalue weighted by Gasteiger charge is -2.29. The molecule has 0 fully saturated rings. The van der Waals surface area contributed by atoms with E-state index in [-0.39, 0.29) is 0 Å². The van der Waals surface area contributed by atoms with Crippen LogP contribution in [-0.4, -0.2) is 26.7 Å². The van der Waals surface area contributed by atoms with Crippen molar-refractivity contribution < 1.29 is 4.74 Å². The Morgan fingerprint density at radius 1 is 1.38 bits per heavy atom. The third-order valence-electron chi connectivity index (χ3n) is 2.99. The number of nitrogens with zero attached hydrogens (tertiary/aromatic N) is 1. The number of ether oxygens (including phenoxy) is 1. The van der Waals surface area contributed by atoms with Gasteiger partial charge in [0.15, 0.2) is 0 Å². The predicted molar refractivity (Wildman–Crippen MR) is 67.0 cm³/mol. The van der Waals surface area contributed by atoms with Crippen molar-refractivity contribution in [2.45, 2.75) is 6.42 Å². The zero-order chi connectivity index (χ0) is 11.4. The molecule has 1 heterocycles. The number of hydrogen-bond donors (Lipinski definition) is 1. The summed E-state index contributed by atoms with van der Waals surface area (Å²) in [5, 5.41) is 0. The first-order valence-electron chi connectivity index (χ1n) is 5.61. The lowest BCUT2D eigenvalue weighted by molar-refractivity contribution is 0.414. The molecule has 0 saturated carbocycles. The van der Waals surface area contributed by atoms with E-state index in [9.17, 15) is 0 Å². The Morgan fingerprint density at radius 3 is 2.81 bits per heavy atom. The fraction of sp³-hybridized carbons (Fsp3) is 0.385. The van der Waals surface area contributed by atoms with Crippen molar-refractivity contribution >= 4 is 5.69 Å². The maximum atomic E-state index is 5.63. The molecular formula is C13H18N2O. The van der Waals surface area contributed by atoms with E-state index >= 15 is 0 Å². The molecule has 3 nitrogen and oxygen atoms in total. The van der Waals surface area contributed by atoms with Crippen LogP contribution >= 0.6 is 0 Å². The first-order valence-corrected chi connectivity index (χ1v) is 5.61. The van der Waals surface area contributed by atoms with E-state index < -0.39 is 0 Å². The highest BCUT2D eigenvalue weighted by atomic mass is 16.5. The van der Waals surface area contributed by atoms with Gasteiger partial charge in [-0.3, -0.25) is 0 Å². The van der Waals surface area contributed by atoms with Gasteiger partial charge in [0.05, 0.1) is 12.8 Å². The Labute approximate surface area is 96.5 Å². The molecule has 1 aliphatic heterocycles. The number of methoxy groups -OCH3 is 1. The summed E-state index contributed by atoms with van der Waals surface area (Å²) < 4.78 is 5.36. The highest BCUT2D eigenvalue weighted by molar-refractivity contribution is 5.59. The molecule has 2 N–H and O–H groups in total. The highest BCUT2D eigenvalue weighted by Crippen LogP contribution is 2.29. The quantitative estimate of drug-likeness (QED) is 0.786. The molecule has 0 radical (unpaired) electrons. The number of para-hydroxylation sites is 2. The minimum Gasteiger partial charge on any atom is -0.495 e. The molecule has 0 bridgehead atoms. The van der Waals surface area contributed by atoms with E-state index in [0.29, 0.717) is 6.54 Å². The first kappa shape index (κ1) is 11.0. The summed E-state index contributed by atoms with van der Waals surface area (Å²) in [6.45, 7) is 2.62. The van der Waals surface area contributed by atoms with Gasteiger partial charge in [-0.2, -0.15) is 0 Å². The topological polar surface area (TPSA) is 38.5 Å². The van der Waals surface area contributed by atoms with Crippen molar-refractivity contribution in [1.29, 1.82) is 0 Å². The fourth-order valence-electron chi connectivity index (χ4n) is 2.01. The van der Waals surface area contributed by atoms with E-state index in [0.717, 1.165) is 30.9 Å². The molecule has 0 aromatic heterocycles. The van der Waals surface area contributed by atoms with Crippen molar-refractivity contribution in [3.63, 3.8) is 0 Å². The molecule has 0 aliphatic carbocycles. The Hall–Kier alpha value is -1.48. The molecule has 0 saturated heterocycles. The molecule has 16 heavy (non-hydrogen) atoms. The average Bonchev–Trinajstić information content (AvgIpc) is 2.39. The Balaban J connectivity index is 2.17. The van der Waals surface area contributed by atoms with Crippen molar-refractivity contribution in [1.82, 2.24) is 0 Å². The summed E-state index contributed by atoms with van der Waals surface area (Å²) in [7, 11) is 1.71. The average molecular weight is 218 g/mol. The minimum atomic E-state index is 0.680. The molecule has 0 atom stereocenters. The van der Waals surface area contributed by atoms with Crippen molar-refractivity contribution in [3.8, 4) is 5.75 Å². The highest BCUT2D eigenvalue weighted by Gasteiger charge is 2.14. The van der Waals surface area contributed by atoms with Crippen LogP contribution in [0.3, 0.4) is 0 Å². The molecule has 3 heteroatoms. The van der Waals surface area contributed by atoms with Crippen LogP contribution in [0.1, 0.15) is 6.42 Å². The second-order valence-corrected chi connectivity index (χ2v) is 3.93. The Kier molecular flexibility index (Phi) is 3.47. The van der Waals surface area contributed by atoms with Gasteiger partial charge < -0.3 is 15.4 Å². The number of hydrogen-bond acceptors (Lipinski definition) is 3. The number of nitrogens with two attached hydrogens (primary N) is 1. The maximum absolute atomic E-state index is 5.63. The van der Waals surface area contributed by atoms with E-state index in [1.165, 1.54) is 5.57 Å². The number of rotatable bonds is 3. The van der Waals surface area contributed by atoms with Gasteiger partial charge in [-0.05, 0) is 18.6 Å².